The van der Waals surface area contributed by atoms with Crippen LogP contribution in [0.5, 0.6) is 0 Å². The fraction of sp³-hybridized carbons (Fsp3) is 0.538. The van der Waals surface area contributed by atoms with Crippen molar-refractivity contribution >= 4 is 33.4 Å². The first-order valence-corrected chi connectivity index (χ1v) is 7.90. The molecule has 94 valence electrons. The molecule has 1 unspecified atom stereocenters. The van der Waals surface area contributed by atoms with Crippen LogP contribution in [0, 0.1) is 0 Å². The number of thioether (sulfide) groups is 1. The summed E-state index contributed by atoms with van der Waals surface area (Å²) in [6, 6.07) is 7.24. The lowest BCUT2D eigenvalue weighted by molar-refractivity contribution is 0.692. The van der Waals surface area contributed by atoms with E-state index in [1.165, 1.54) is 29.2 Å². The average Bonchev–Trinajstić information content (AvgIpc) is 2.84. The molecule has 1 heterocycles. The molecule has 0 aromatic heterocycles. The van der Waals surface area contributed by atoms with Crippen molar-refractivity contribution in [2.75, 3.05) is 30.5 Å². The first kappa shape index (κ1) is 13.2. The Labute approximate surface area is 116 Å². The lowest BCUT2D eigenvalue weighted by atomic mass is 10.1. The smallest absolute Gasteiger partial charge is 0.0423 e. The first-order valence-electron chi connectivity index (χ1n) is 5.96. The summed E-state index contributed by atoms with van der Waals surface area (Å²) in [5.74, 6) is 2.55. The summed E-state index contributed by atoms with van der Waals surface area (Å²) in [6.45, 7) is 0.923. The van der Waals surface area contributed by atoms with Gasteiger partial charge in [-0.15, -0.1) is 0 Å². The largest absolute Gasteiger partial charge is 0.370 e. The van der Waals surface area contributed by atoms with Crippen molar-refractivity contribution in [1.82, 2.24) is 5.32 Å². The molecular weight excluding hydrogens is 296 g/mol. The van der Waals surface area contributed by atoms with Crippen molar-refractivity contribution in [3.8, 4) is 0 Å². The summed E-state index contributed by atoms with van der Waals surface area (Å²) in [6.07, 6.45) is 1.30. The van der Waals surface area contributed by atoms with Crippen molar-refractivity contribution < 1.29 is 0 Å². The fourth-order valence-corrected chi connectivity index (χ4v) is 3.85. The second kappa shape index (κ2) is 6.12. The monoisotopic (exact) mass is 314 g/mol. The number of nitrogens with zero attached hydrogens (tertiary/aromatic N) is 1. The zero-order valence-electron chi connectivity index (χ0n) is 10.4. The van der Waals surface area contributed by atoms with Crippen molar-refractivity contribution in [3.63, 3.8) is 0 Å². The molecule has 1 saturated heterocycles. The van der Waals surface area contributed by atoms with Crippen LogP contribution in [0.4, 0.5) is 5.69 Å². The quantitative estimate of drug-likeness (QED) is 0.919. The maximum Gasteiger partial charge on any atom is 0.0423 e. The molecule has 2 rings (SSSR count). The zero-order chi connectivity index (χ0) is 12.3. The van der Waals surface area contributed by atoms with Gasteiger partial charge < -0.3 is 10.2 Å². The van der Waals surface area contributed by atoms with Gasteiger partial charge in [0.05, 0.1) is 0 Å². The Bertz CT molecular complexity index is 378. The Morgan fingerprint density at radius 3 is 3.00 bits per heavy atom. The lowest BCUT2D eigenvalue weighted by Crippen LogP contribution is -2.32. The molecule has 1 atom stereocenters. The van der Waals surface area contributed by atoms with Gasteiger partial charge in [-0.05, 0) is 36.9 Å². The molecule has 1 fully saturated rings. The van der Waals surface area contributed by atoms with Crippen molar-refractivity contribution in [1.29, 1.82) is 0 Å². The Morgan fingerprint density at radius 1 is 1.53 bits per heavy atom. The highest BCUT2D eigenvalue weighted by Gasteiger charge is 2.21. The molecule has 0 spiro atoms. The van der Waals surface area contributed by atoms with Crippen LogP contribution in [0.2, 0.25) is 0 Å². The molecular formula is C13H19BrN2S. The summed E-state index contributed by atoms with van der Waals surface area (Å²) in [4.78, 5) is 2.44. The summed E-state index contributed by atoms with van der Waals surface area (Å²) in [7, 11) is 4.22. The average molecular weight is 315 g/mol. The first-order chi connectivity index (χ1) is 8.22. The summed E-state index contributed by atoms with van der Waals surface area (Å²) in [5.41, 5.74) is 2.72. The number of halogens is 1. The zero-order valence-corrected chi connectivity index (χ0v) is 12.8. The van der Waals surface area contributed by atoms with E-state index < -0.39 is 0 Å². The molecule has 0 bridgehead atoms. The summed E-state index contributed by atoms with van der Waals surface area (Å²) >= 11 is 5.63. The minimum Gasteiger partial charge on any atom is -0.370 e. The summed E-state index contributed by atoms with van der Waals surface area (Å²) < 4.78 is 1.16. The predicted molar refractivity (Wildman–Crippen MR) is 81.0 cm³/mol. The Morgan fingerprint density at radius 2 is 2.35 bits per heavy atom. The number of benzene rings is 1. The van der Waals surface area contributed by atoms with Gasteiger partial charge in [0.15, 0.2) is 0 Å². The molecule has 1 aliphatic heterocycles. The highest BCUT2D eigenvalue weighted by atomic mass is 79.9. The standard InChI is InChI=1S/C13H19BrN2S/c1-15-8-10-3-4-11(14)7-13(10)16(2)12-5-6-17-9-12/h3-4,7,12,15H,5-6,8-9H2,1-2H3. The van der Waals surface area contributed by atoms with E-state index in [2.05, 4.69) is 63.2 Å². The molecule has 1 aromatic rings. The van der Waals surface area contributed by atoms with Gasteiger partial charge in [0.25, 0.3) is 0 Å². The van der Waals surface area contributed by atoms with Crippen LogP contribution in [-0.4, -0.2) is 31.6 Å². The molecule has 0 saturated carbocycles. The van der Waals surface area contributed by atoms with Crippen molar-refractivity contribution in [3.05, 3.63) is 28.2 Å². The Hall–Kier alpha value is -0.190. The Kier molecular flexibility index (Phi) is 4.77. The van der Waals surface area contributed by atoms with Gasteiger partial charge in [0.1, 0.15) is 0 Å². The van der Waals surface area contributed by atoms with Gasteiger partial charge in [-0.1, -0.05) is 22.0 Å². The van der Waals surface area contributed by atoms with Crippen molar-refractivity contribution in [2.24, 2.45) is 0 Å². The SMILES string of the molecule is CNCc1ccc(Br)cc1N(C)C1CCSC1. The van der Waals surface area contributed by atoms with E-state index in [0.717, 1.165) is 11.0 Å². The Balaban J connectivity index is 2.24. The number of hydrogen-bond donors (Lipinski definition) is 1. The van der Waals surface area contributed by atoms with Crippen LogP contribution >= 0.6 is 27.7 Å². The van der Waals surface area contributed by atoms with Crippen molar-refractivity contribution in [2.45, 2.75) is 19.0 Å². The third kappa shape index (κ3) is 3.18. The summed E-state index contributed by atoms with van der Waals surface area (Å²) in [5, 5.41) is 3.24. The second-order valence-electron chi connectivity index (χ2n) is 4.43. The number of rotatable bonds is 4. The highest BCUT2D eigenvalue weighted by molar-refractivity contribution is 9.10. The van der Waals surface area contributed by atoms with Crippen LogP contribution in [0.25, 0.3) is 0 Å². The molecule has 4 heteroatoms. The van der Waals surface area contributed by atoms with E-state index in [-0.39, 0.29) is 0 Å². The van der Waals surface area contributed by atoms with Gasteiger partial charge in [0.2, 0.25) is 0 Å². The normalized spacial score (nSPS) is 19.6. The van der Waals surface area contributed by atoms with Gasteiger partial charge in [-0.3, -0.25) is 0 Å². The van der Waals surface area contributed by atoms with E-state index in [1.807, 2.05) is 7.05 Å². The highest BCUT2D eigenvalue weighted by Crippen LogP contribution is 2.30. The molecule has 0 amide bonds. The molecule has 1 N–H and O–H groups in total. The number of hydrogen-bond acceptors (Lipinski definition) is 3. The van der Waals surface area contributed by atoms with Crippen LogP contribution in [0.3, 0.4) is 0 Å². The fourth-order valence-electron chi connectivity index (χ4n) is 2.23. The molecule has 17 heavy (non-hydrogen) atoms. The topological polar surface area (TPSA) is 15.3 Å². The predicted octanol–water partition coefficient (Wildman–Crippen LogP) is 3.11. The van der Waals surface area contributed by atoms with E-state index in [0.29, 0.717) is 6.04 Å². The van der Waals surface area contributed by atoms with Crippen LogP contribution in [-0.2, 0) is 6.54 Å². The van der Waals surface area contributed by atoms with Crippen LogP contribution in [0.15, 0.2) is 22.7 Å². The minimum atomic E-state index is 0.685. The molecule has 0 aliphatic carbocycles. The lowest BCUT2D eigenvalue weighted by Gasteiger charge is -2.28. The maximum atomic E-state index is 3.57. The number of anilines is 1. The van der Waals surface area contributed by atoms with E-state index in [1.54, 1.807) is 0 Å². The molecule has 2 nitrogen and oxygen atoms in total. The van der Waals surface area contributed by atoms with Gasteiger partial charge >= 0.3 is 0 Å². The van der Waals surface area contributed by atoms with Gasteiger partial charge in [-0.25, -0.2) is 0 Å². The van der Waals surface area contributed by atoms with Gasteiger partial charge in [0, 0.05) is 35.5 Å². The number of nitrogens with one attached hydrogen (secondary N) is 1. The maximum absolute atomic E-state index is 3.57. The van der Waals surface area contributed by atoms with E-state index in [4.69, 9.17) is 0 Å². The third-order valence-electron chi connectivity index (χ3n) is 3.25. The van der Waals surface area contributed by atoms with E-state index in [9.17, 15) is 0 Å². The second-order valence-corrected chi connectivity index (χ2v) is 6.50. The molecule has 1 aromatic carbocycles. The molecule has 1 aliphatic rings. The van der Waals surface area contributed by atoms with E-state index >= 15 is 0 Å². The minimum absolute atomic E-state index is 0.685. The van der Waals surface area contributed by atoms with Crippen LogP contribution < -0.4 is 10.2 Å². The molecule has 0 radical (unpaired) electrons. The van der Waals surface area contributed by atoms with Gasteiger partial charge in [-0.2, -0.15) is 11.8 Å². The third-order valence-corrected chi connectivity index (χ3v) is 4.89. The van der Waals surface area contributed by atoms with Crippen LogP contribution in [0.1, 0.15) is 12.0 Å².